The fourth-order valence-corrected chi connectivity index (χ4v) is 2.48. The predicted octanol–water partition coefficient (Wildman–Crippen LogP) is 2.77. The number of benzene rings is 1. The fraction of sp³-hybridized carbons (Fsp3) is 0.538. The molecule has 0 radical (unpaired) electrons. The van der Waals surface area contributed by atoms with Gasteiger partial charge in [-0.2, -0.15) is 0 Å². The third-order valence-electron chi connectivity index (χ3n) is 3.25. The number of rotatable bonds is 2. The van der Waals surface area contributed by atoms with Crippen LogP contribution >= 0.6 is 15.9 Å². The normalized spacial score (nSPS) is 20.4. The number of aromatic hydroxyl groups is 1. The second kappa shape index (κ2) is 4.96. The molecular weight excluding hydrogens is 282 g/mol. The van der Waals surface area contributed by atoms with Crippen LogP contribution in [0.15, 0.2) is 22.7 Å². The summed E-state index contributed by atoms with van der Waals surface area (Å²) in [5, 5.41) is 9.99. The van der Waals surface area contributed by atoms with Gasteiger partial charge in [-0.25, -0.2) is 0 Å². The number of ether oxygens (including phenoxy) is 1. The van der Waals surface area contributed by atoms with Crippen molar-refractivity contribution >= 4 is 15.9 Å². The number of para-hydroxylation sites is 1. The van der Waals surface area contributed by atoms with Crippen molar-refractivity contribution < 1.29 is 9.84 Å². The Hall–Kier alpha value is -0.580. The highest BCUT2D eigenvalue weighted by Crippen LogP contribution is 2.30. The van der Waals surface area contributed by atoms with Gasteiger partial charge in [0.05, 0.1) is 17.7 Å². The first-order valence-corrected chi connectivity index (χ1v) is 6.59. The Kier molecular flexibility index (Phi) is 3.76. The van der Waals surface area contributed by atoms with Gasteiger partial charge < -0.3 is 9.84 Å². The molecule has 0 atom stereocenters. The van der Waals surface area contributed by atoms with Crippen molar-refractivity contribution in [2.45, 2.75) is 25.9 Å². The molecule has 3 nitrogen and oxygen atoms in total. The van der Waals surface area contributed by atoms with Crippen LogP contribution in [0.25, 0.3) is 0 Å². The molecule has 1 aromatic rings. The van der Waals surface area contributed by atoms with Crippen LogP contribution in [0.4, 0.5) is 0 Å². The smallest absolute Gasteiger partial charge is 0.134 e. The summed E-state index contributed by atoms with van der Waals surface area (Å²) < 4.78 is 6.24. The van der Waals surface area contributed by atoms with Gasteiger partial charge in [0.2, 0.25) is 0 Å². The lowest BCUT2D eigenvalue weighted by molar-refractivity contribution is -0.0555. The monoisotopic (exact) mass is 299 g/mol. The summed E-state index contributed by atoms with van der Waals surface area (Å²) >= 11 is 3.35. The Bertz CT molecular complexity index is 406. The molecule has 1 N–H and O–H groups in total. The average Bonchev–Trinajstić information content (AvgIpc) is 2.27. The standard InChI is InChI=1S/C13H18BrNO2/c1-13(2)9-17-7-6-15(13)8-10-4-3-5-11(14)12(10)16/h3-5,16H,6-9H2,1-2H3. The highest BCUT2D eigenvalue weighted by Gasteiger charge is 2.30. The molecular formula is C13H18BrNO2. The van der Waals surface area contributed by atoms with E-state index in [-0.39, 0.29) is 5.54 Å². The van der Waals surface area contributed by atoms with Crippen LogP contribution in [-0.4, -0.2) is 35.3 Å². The van der Waals surface area contributed by atoms with Gasteiger partial charge in [0.15, 0.2) is 0 Å². The molecule has 0 bridgehead atoms. The zero-order chi connectivity index (χ0) is 12.5. The van der Waals surface area contributed by atoms with E-state index in [1.165, 1.54) is 0 Å². The maximum absolute atomic E-state index is 9.99. The Morgan fingerprint density at radius 3 is 2.94 bits per heavy atom. The van der Waals surface area contributed by atoms with Crippen molar-refractivity contribution in [3.63, 3.8) is 0 Å². The Morgan fingerprint density at radius 2 is 2.24 bits per heavy atom. The fourth-order valence-electron chi connectivity index (χ4n) is 2.08. The van der Waals surface area contributed by atoms with Gasteiger partial charge in [0.25, 0.3) is 0 Å². The van der Waals surface area contributed by atoms with Gasteiger partial charge >= 0.3 is 0 Å². The maximum Gasteiger partial charge on any atom is 0.134 e. The first kappa shape index (κ1) is 12.9. The zero-order valence-electron chi connectivity index (χ0n) is 10.2. The number of halogens is 1. The molecule has 1 saturated heterocycles. The van der Waals surface area contributed by atoms with E-state index < -0.39 is 0 Å². The number of hydrogen-bond acceptors (Lipinski definition) is 3. The SMILES string of the molecule is CC1(C)COCCN1Cc1cccc(Br)c1O. The lowest BCUT2D eigenvalue weighted by Crippen LogP contribution is -2.52. The summed E-state index contributed by atoms with van der Waals surface area (Å²) in [4.78, 5) is 2.35. The van der Waals surface area contributed by atoms with E-state index in [9.17, 15) is 5.11 Å². The van der Waals surface area contributed by atoms with Gasteiger partial charge in [-0.1, -0.05) is 12.1 Å². The van der Waals surface area contributed by atoms with Crippen molar-refractivity contribution in [1.29, 1.82) is 0 Å². The molecule has 17 heavy (non-hydrogen) atoms. The van der Waals surface area contributed by atoms with Crippen molar-refractivity contribution in [3.8, 4) is 5.75 Å². The van der Waals surface area contributed by atoms with Gasteiger partial charge in [-0.3, -0.25) is 4.90 Å². The number of morpholine rings is 1. The number of nitrogens with zero attached hydrogens (tertiary/aromatic N) is 1. The van der Waals surface area contributed by atoms with Crippen LogP contribution in [0, 0.1) is 0 Å². The van der Waals surface area contributed by atoms with Crippen molar-refractivity contribution in [2.24, 2.45) is 0 Å². The summed E-state index contributed by atoms with van der Waals surface area (Å²) in [6, 6.07) is 5.77. The Balaban J connectivity index is 2.17. The molecule has 2 rings (SSSR count). The van der Waals surface area contributed by atoms with Crippen molar-refractivity contribution in [3.05, 3.63) is 28.2 Å². The molecule has 1 heterocycles. The maximum atomic E-state index is 9.99. The van der Waals surface area contributed by atoms with E-state index in [2.05, 4.69) is 34.7 Å². The van der Waals surface area contributed by atoms with E-state index in [0.29, 0.717) is 5.75 Å². The minimum absolute atomic E-state index is 0.0208. The van der Waals surface area contributed by atoms with Crippen LogP contribution in [0.2, 0.25) is 0 Å². The first-order valence-electron chi connectivity index (χ1n) is 5.80. The highest BCUT2D eigenvalue weighted by atomic mass is 79.9. The first-order chi connectivity index (χ1) is 8.00. The quantitative estimate of drug-likeness (QED) is 0.911. The van der Waals surface area contributed by atoms with Gasteiger partial charge in [0, 0.05) is 24.2 Å². The number of hydrogen-bond donors (Lipinski definition) is 1. The molecule has 0 amide bonds. The third-order valence-corrected chi connectivity index (χ3v) is 3.89. The zero-order valence-corrected chi connectivity index (χ0v) is 11.8. The molecule has 1 aliphatic rings. The van der Waals surface area contributed by atoms with Crippen LogP contribution in [0.3, 0.4) is 0 Å². The largest absolute Gasteiger partial charge is 0.506 e. The van der Waals surface area contributed by atoms with E-state index in [1.54, 1.807) is 0 Å². The van der Waals surface area contributed by atoms with E-state index in [4.69, 9.17) is 4.74 Å². The molecule has 0 spiro atoms. The number of phenolic OH excluding ortho intramolecular Hbond substituents is 1. The summed E-state index contributed by atoms with van der Waals surface area (Å²) in [5.74, 6) is 0.342. The molecule has 94 valence electrons. The van der Waals surface area contributed by atoms with Crippen molar-refractivity contribution in [1.82, 2.24) is 4.90 Å². The van der Waals surface area contributed by atoms with Crippen molar-refractivity contribution in [2.75, 3.05) is 19.8 Å². The Labute approximate surface area is 111 Å². The summed E-state index contributed by atoms with van der Waals surface area (Å²) in [5.41, 5.74) is 0.974. The van der Waals surface area contributed by atoms with Crippen LogP contribution in [0.5, 0.6) is 5.75 Å². The van der Waals surface area contributed by atoms with E-state index >= 15 is 0 Å². The predicted molar refractivity (Wildman–Crippen MR) is 71.1 cm³/mol. The molecule has 0 aromatic heterocycles. The second-order valence-electron chi connectivity index (χ2n) is 5.03. The van der Waals surface area contributed by atoms with Crippen LogP contribution in [-0.2, 0) is 11.3 Å². The van der Waals surface area contributed by atoms with Crippen LogP contribution in [0.1, 0.15) is 19.4 Å². The molecule has 0 unspecified atom stereocenters. The van der Waals surface area contributed by atoms with Crippen LogP contribution < -0.4 is 0 Å². The lowest BCUT2D eigenvalue weighted by atomic mass is 10.0. The molecule has 1 aromatic carbocycles. The number of phenols is 1. The minimum Gasteiger partial charge on any atom is -0.506 e. The second-order valence-corrected chi connectivity index (χ2v) is 5.89. The molecule has 0 saturated carbocycles. The molecule has 4 heteroatoms. The Morgan fingerprint density at radius 1 is 1.47 bits per heavy atom. The summed E-state index contributed by atoms with van der Waals surface area (Å²) in [6.07, 6.45) is 0. The minimum atomic E-state index is 0.0208. The lowest BCUT2D eigenvalue weighted by Gasteiger charge is -2.42. The van der Waals surface area contributed by atoms with E-state index in [1.807, 2.05) is 18.2 Å². The van der Waals surface area contributed by atoms with Gasteiger partial charge in [0.1, 0.15) is 5.75 Å². The van der Waals surface area contributed by atoms with Gasteiger partial charge in [-0.05, 0) is 35.8 Å². The van der Waals surface area contributed by atoms with E-state index in [0.717, 1.165) is 36.3 Å². The summed E-state index contributed by atoms with van der Waals surface area (Å²) in [7, 11) is 0. The molecule has 1 fully saturated rings. The van der Waals surface area contributed by atoms with Gasteiger partial charge in [-0.15, -0.1) is 0 Å². The summed E-state index contributed by atoms with van der Waals surface area (Å²) in [6.45, 7) is 7.49. The average molecular weight is 300 g/mol. The topological polar surface area (TPSA) is 32.7 Å². The molecule has 1 aliphatic heterocycles. The highest BCUT2D eigenvalue weighted by molar-refractivity contribution is 9.10. The molecule has 0 aliphatic carbocycles. The third kappa shape index (κ3) is 2.81.